The second-order valence-electron chi connectivity index (χ2n) is 7.07. The van der Waals surface area contributed by atoms with Crippen molar-refractivity contribution in [3.8, 4) is 5.75 Å². The lowest BCUT2D eigenvalue weighted by molar-refractivity contribution is -0.124. The van der Waals surface area contributed by atoms with Crippen molar-refractivity contribution in [2.45, 2.75) is 19.0 Å². The highest BCUT2D eigenvalue weighted by atomic mass is 16.3. The first-order valence-corrected chi connectivity index (χ1v) is 8.91. The van der Waals surface area contributed by atoms with Crippen molar-refractivity contribution in [2.24, 2.45) is 0 Å². The standard InChI is InChI=1S/C20H18N4O5/c1-11(25)21-14-4-2-13(3-5-14)20(18(28)22-19(29)23-20)10-24-9-12-8-15(26)6-7-16(12)17(24)27/h2-8,26H,9-10H2,1H3,(H,21,25)(H2,22,23,28,29). The van der Waals surface area contributed by atoms with Crippen LogP contribution in [0.15, 0.2) is 42.5 Å². The third-order valence-corrected chi connectivity index (χ3v) is 5.04. The summed E-state index contributed by atoms with van der Waals surface area (Å²) in [6.07, 6.45) is 0. The fourth-order valence-electron chi connectivity index (χ4n) is 3.72. The van der Waals surface area contributed by atoms with Gasteiger partial charge in [-0.1, -0.05) is 12.1 Å². The fraction of sp³-hybridized carbons (Fsp3) is 0.200. The van der Waals surface area contributed by atoms with E-state index >= 15 is 0 Å². The Morgan fingerprint density at radius 2 is 1.90 bits per heavy atom. The van der Waals surface area contributed by atoms with Gasteiger partial charge >= 0.3 is 6.03 Å². The number of nitrogens with zero attached hydrogens (tertiary/aromatic N) is 1. The van der Waals surface area contributed by atoms with E-state index in [1.54, 1.807) is 24.3 Å². The molecule has 0 bridgehead atoms. The zero-order valence-electron chi connectivity index (χ0n) is 15.5. The number of carbonyl (C=O) groups is 4. The van der Waals surface area contributed by atoms with Gasteiger partial charge in [-0.15, -0.1) is 0 Å². The first kappa shape index (κ1) is 18.5. The molecule has 4 rings (SSSR count). The summed E-state index contributed by atoms with van der Waals surface area (Å²) in [6, 6.07) is 10.3. The number of hydrogen-bond acceptors (Lipinski definition) is 5. The number of aromatic hydroxyl groups is 1. The van der Waals surface area contributed by atoms with Crippen molar-refractivity contribution in [1.29, 1.82) is 0 Å². The van der Waals surface area contributed by atoms with Crippen molar-refractivity contribution >= 4 is 29.4 Å². The van der Waals surface area contributed by atoms with E-state index in [0.717, 1.165) is 0 Å². The van der Waals surface area contributed by atoms with E-state index in [2.05, 4.69) is 16.0 Å². The Morgan fingerprint density at radius 3 is 2.52 bits per heavy atom. The van der Waals surface area contributed by atoms with Gasteiger partial charge in [-0.3, -0.25) is 19.7 Å². The van der Waals surface area contributed by atoms with Crippen LogP contribution in [0.25, 0.3) is 0 Å². The van der Waals surface area contributed by atoms with Crippen LogP contribution < -0.4 is 16.0 Å². The minimum atomic E-state index is -1.47. The van der Waals surface area contributed by atoms with Gasteiger partial charge < -0.3 is 20.6 Å². The fourth-order valence-corrected chi connectivity index (χ4v) is 3.72. The molecule has 2 aliphatic rings. The minimum absolute atomic E-state index is 0.0496. The van der Waals surface area contributed by atoms with Gasteiger partial charge in [-0.05, 0) is 41.5 Å². The second kappa shape index (κ2) is 6.62. The summed E-state index contributed by atoms with van der Waals surface area (Å²) in [5.74, 6) is -1.04. The molecule has 9 heteroatoms. The van der Waals surface area contributed by atoms with Crippen molar-refractivity contribution in [1.82, 2.24) is 15.5 Å². The van der Waals surface area contributed by atoms with Crippen LogP contribution >= 0.6 is 0 Å². The smallest absolute Gasteiger partial charge is 0.322 e. The highest BCUT2D eigenvalue weighted by Crippen LogP contribution is 2.32. The lowest BCUT2D eigenvalue weighted by Gasteiger charge is -2.31. The van der Waals surface area contributed by atoms with Crippen LogP contribution in [-0.2, 0) is 21.7 Å². The summed E-state index contributed by atoms with van der Waals surface area (Å²) in [4.78, 5) is 50.1. The van der Waals surface area contributed by atoms with E-state index in [1.165, 1.54) is 30.0 Å². The Bertz CT molecular complexity index is 1050. The third kappa shape index (κ3) is 3.16. The zero-order valence-corrected chi connectivity index (χ0v) is 15.5. The number of amides is 5. The van der Waals surface area contributed by atoms with Gasteiger partial charge in [0.1, 0.15) is 5.75 Å². The molecule has 1 unspecified atom stereocenters. The first-order chi connectivity index (χ1) is 13.8. The molecule has 9 nitrogen and oxygen atoms in total. The molecule has 0 aliphatic carbocycles. The molecule has 1 fully saturated rings. The molecule has 0 aromatic heterocycles. The van der Waals surface area contributed by atoms with Crippen LogP contribution in [0.1, 0.15) is 28.4 Å². The molecule has 0 radical (unpaired) electrons. The topological polar surface area (TPSA) is 128 Å². The molecular weight excluding hydrogens is 376 g/mol. The molecule has 0 spiro atoms. The number of phenolic OH excluding ortho intramolecular Hbond substituents is 1. The van der Waals surface area contributed by atoms with E-state index in [4.69, 9.17) is 0 Å². The maximum absolute atomic E-state index is 12.8. The van der Waals surface area contributed by atoms with Gasteiger partial charge in [0.15, 0.2) is 5.54 Å². The van der Waals surface area contributed by atoms with E-state index in [0.29, 0.717) is 22.4 Å². The Kier molecular flexibility index (Phi) is 4.22. The van der Waals surface area contributed by atoms with Crippen LogP contribution in [-0.4, -0.2) is 40.3 Å². The van der Waals surface area contributed by atoms with Crippen LogP contribution in [0.2, 0.25) is 0 Å². The van der Waals surface area contributed by atoms with Crippen LogP contribution in [0, 0.1) is 0 Å². The van der Waals surface area contributed by atoms with Gasteiger partial charge in [0.2, 0.25) is 5.91 Å². The number of benzene rings is 2. The van der Waals surface area contributed by atoms with Crippen molar-refractivity contribution in [2.75, 3.05) is 11.9 Å². The number of anilines is 1. The highest BCUT2D eigenvalue weighted by Gasteiger charge is 2.50. The number of imide groups is 1. The molecule has 4 N–H and O–H groups in total. The molecule has 148 valence electrons. The second-order valence-corrected chi connectivity index (χ2v) is 7.07. The summed E-state index contributed by atoms with van der Waals surface area (Å²) in [5, 5.41) is 17.2. The van der Waals surface area contributed by atoms with E-state index in [1.807, 2.05) is 0 Å². The monoisotopic (exact) mass is 394 g/mol. The van der Waals surface area contributed by atoms with Crippen molar-refractivity contribution in [3.05, 3.63) is 59.2 Å². The maximum Gasteiger partial charge on any atom is 0.322 e. The average molecular weight is 394 g/mol. The number of urea groups is 1. The van der Waals surface area contributed by atoms with Crippen molar-refractivity contribution < 1.29 is 24.3 Å². The third-order valence-electron chi connectivity index (χ3n) is 5.04. The summed E-state index contributed by atoms with van der Waals surface area (Å²) in [6.45, 7) is 1.50. The molecule has 2 aromatic rings. The van der Waals surface area contributed by atoms with E-state index < -0.39 is 17.5 Å². The number of fused-ring (bicyclic) bond motifs is 1. The average Bonchev–Trinajstić information content (AvgIpc) is 3.11. The van der Waals surface area contributed by atoms with E-state index in [9.17, 15) is 24.3 Å². The highest BCUT2D eigenvalue weighted by molar-refractivity contribution is 6.08. The Balaban J connectivity index is 1.67. The predicted molar refractivity (Wildman–Crippen MR) is 102 cm³/mol. The maximum atomic E-state index is 12.8. The van der Waals surface area contributed by atoms with Crippen LogP contribution in [0.3, 0.4) is 0 Å². The molecule has 1 saturated heterocycles. The molecule has 29 heavy (non-hydrogen) atoms. The van der Waals surface area contributed by atoms with Gasteiger partial charge in [0, 0.05) is 24.7 Å². The van der Waals surface area contributed by atoms with Crippen molar-refractivity contribution in [3.63, 3.8) is 0 Å². The lowest BCUT2D eigenvalue weighted by Crippen LogP contribution is -2.52. The number of phenols is 1. The lowest BCUT2D eigenvalue weighted by atomic mass is 9.89. The summed E-state index contributed by atoms with van der Waals surface area (Å²) in [7, 11) is 0. The van der Waals surface area contributed by atoms with Gasteiger partial charge in [-0.25, -0.2) is 4.79 Å². The summed E-state index contributed by atoms with van der Waals surface area (Å²) >= 11 is 0. The molecule has 5 amide bonds. The largest absolute Gasteiger partial charge is 0.508 e. The number of carbonyl (C=O) groups excluding carboxylic acids is 4. The molecule has 2 aromatic carbocycles. The quantitative estimate of drug-likeness (QED) is 0.576. The Labute approximate surface area is 165 Å². The summed E-state index contributed by atoms with van der Waals surface area (Å²) in [5.41, 5.74) is 0.647. The Hall–Kier alpha value is -3.88. The van der Waals surface area contributed by atoms with E-state index in [-0.39, 0.29) is 30.7 Å². The van der Waals surface area contributed by atoms with Gasteiger partial charge in [0.05, 0.1) is 6.54 Å². The number of rotatable bonds is 4. The number of nitrogens with one attached hydrogen (secondary N) is 3. The van der Waals surface area contributed by atoms with Gasteiger partial charge in [-0.2, -0.15) is 0 Å². The van der Waals surface area contributed by atoms with Gasteiger partial charge in [0.25, 0.3) is 11.8 Å². The normalized spacial score (nSPS) is 20.3. The molecular formula is C20H18N4O5. The Morgan fingerprint density at radius 1 is 1.17 bits per heavy atom. The SMILES string of the molecule is CC(=O)Nc1ccc(C2(CN3Cc4cc(O)ccc4C3=O)NC(=O)NC2=O)cc1. The molecule has 1 atom stereocenters. The zero-order chi connectivity index (χ0) is 20.8. The first-order valence-electron chi connectivity index (χ1n) is 8.91. The number of hydrogen-bond donors (Lipinski definition) is 4. The molecule has 0 saturated carbocycles. The minimum Gasteiger partial charge on any atom is -0.508 e. The predicted octanol–water partition coefficient (Wildman–Crippen LogP) is 1.04. The van der Waals surface area contributed by atoms with Crippen LogP contribution in [0.5, 0.6) is 5.75 Å². The molecule has 2 heterocycles. The van der Waals surface area contributed by atoms with Crippen LogP contribution in [0.4, 0.5) is 10.5 Å². The molecule has 2 aliphatic heterocycles. The summed E-state index contributed by atoms with van der Waals surface area (Å²) < 4.78 is 0.